The molecular weight excluding hydrogens is 363 g/mol. The number of amides is 1. The Labute approximate surface area is 135 Å². The third-order valence-electron chi connectivity index (χ3n) is 2.75. The van der Waals surface area contributed by atoms with E-state index in [4.69, 9.17) is 28.9 Å². The fraction of sp³-hybridized carbons (Fsp3) is 0.0714. The molecule has 0 aliphatic rings. The summed E-state index contributed by atoms with van der Waals surface area (Å²) in [5.74, 6) is -0.345. The zero-order valence-electron chi connectivity index (χ0n) is 10.5. The fourth-order valence-electron chi connectivity index (χ4n) is 1.67. The summed E-state index contributed by atoms with van der Waals surface area (Å²) >= 11 is 15.3. The van der Waals surface area contributed by atoms with Crippen molar-refractivity contribution in [1.82, 2.24) is 0 Å². The Morgan fingerprint density at radius 2 is 1.90 bits per heavy atom. The van der Waals surface area contributed by atoms with Crippen LogP contribution in [0.4, 0.5) is 11.4 Å². The smallest absolute Gasteiger partial charge is 0.257 e. The van der Waals surface area contributed by atoms with Crippen molar-refractivity contribution in [3.05, 3.63) is 56.0 Å². The molecule has 2 aromatic rings. The van der Waals surface area contributed by atoms with Crippen molar-refractivity contribution in [3.63, 3.8) is 0 Å². The number of nitrogens with two attached hydrogens (primary N) is 1. The second-order valence-electron chi connectivity index (χ2n) is 4.27. The molecule has 20 heavy (non-hydrogen) atoms. The summed E-state index contributed by atoms with van der Waals surface area (Å²) < 4.78 is 0.766. The SMILES string of the molecule is Cc1cc(N)c(NC(=O)c2cc(Br)ccc2Cl)cc1Cl. The molecule has 0 atom stereocenters. The van der Waals surface area contributed by atoms with E-state index in [0.717, 1.165) is 10.0 Å². The van der Waals surface area contributed by atoms with Crippen molar-refractivity contribution in [1.29, 1.82) is 0 Å². The van der Waals surface area contributed by atoms with Gasteiger partial charge in [0.15, 0.2) is 0 Å². The predicted molar refractivity (Wildman–Crippen MR) is 87.7 cm³/mol. The monoisotopic (exact) mass is 372 g/mol. The summed E-state index contributed by atoms with van der Waals surface area (Å²) in [6.07, 6.45) is 0. The maximum atomic E-state index is 12.2. The second-order valence-corrected chi connectivity index (χ2v) is 6.00. The van der Waals surface area contributed by atoms with E-state index in [9.17, 15) is 4.79 Å². The van der Waals surface area contributed by atoms with Crippen molar-refractivity contribution in [2.24, 2.45) is 0 Å². The van der Waals surface area contributed by atoms with Crippen LogP contribution in [0.3, 0.4) is 0 Å². The highest BCUT2D eigenvalue weighted by atomic mass is 79.9. The first-order valence-electron chi connectivity index (χ1n) is 5.70. The van der Waals surface area contributed by atoms with Crippen LogP contribution in [0.5, 0.6) is 0 Å². The van der Waals surface area contributed by atoms with Gasteiger partial charge in [0.05, 0.1) is 22.0 Å². The third kappa shape index (κ3) is 3.26. The van der Waals surface area contributed by atoms with Gasteiger partial charge >= 0.3 is 0 Å². The van der Waals surface area contributed by atoms with Crippen molar-refractivity contribution >= 4 is 56.4 Å². The van der Waals surface area contributed by atoms with Gasteiger partial charge in [0.1, 0.15) is 0 Å². The Hall–Kier alpha value is -1.23. The number of nitrogens with one attached hydrogen (secondary N) is 1. The number of benzene rings is 2. The number of carbonyl (C=O) groups is 1. The van der Waals surface area contributed by atoms with Crippen LogP contribution in [0.25, 0.3) is 0 Å². The molecular formula is C14H11BrCl2N2O. The van der Waals surface area contributed by atoms with Crippen LogP contribution in [0.1, 0.15) is 15.9 Å². The summed E-state index contributed by atoms with van der Waals surface area (Å²) in [5.41, 5.74) is 7.99. The normalized spacial score (nSPS) is 10.4. The Bertz CT molecular complexity index is 689. The summed E-state index contributed by atoms with van der Waals surface area (Å²) in [5, 5.41) is 3.61. The Kier molecular flexibility index (Phi) is 4.58. The van der Waals surface area contributed by atoms with E-state index in [0.29, 0.717) is 27.0 Å². The maximum absolute atomic E-state index is 12.2. The molecule has 2 aromatic carbocycles. The Morgan fingerprint density at radius 1 is 1.20 bits per heavy atom. The molecule has 0 radical (unpaired) electrons. The van der Waals surface area contributed by atoms with Gasteiger partial charge in [-0.3, -0.25) is 4.79 Å². The molecule has 3 nitrogen and oxygen atoms in total. The molecule has 0 aromatic heterocycles. The molecule has 0 saturated carbocycles. The van der Waals surface area contributed by atoms with Crippen LogP contribution in [0.2, 0.25) is 10.0 Å². The molecule has 0 heterocycles. The van der Waals surface area contributed by atoms with Gasteiger partial charge in [-0.05, 0) is 42.8 Å². The van der Waals surface area contributed by atoms with Gasteiger partial charge in [0.25, 0.3) is 5.91 Å². The molecule has 0 saturated heterocycles. The van der Waals surface area contributed by atoms with Gasteiger partial charge in [-0.25, -0.2) is 0 Å². The standard InChI is InChI=1S/C14H11BrCl2N2O/c1-7-4-12(18)13(6-11(7)17)19-14(20)9-5-8(15)2-3-10(9)16/h2-6H,18H2,1H3,(H,19,20). The van der Waals surface area contributed by atoms with Crippen LogP contribution < -0.4 is 11.1 Å². The topological polar surface area (TPSA) is 55.1 Å². The first-order valence-corrected chi connectivity index (χ1v) is 7.25. The van der Waals surface area contributed by atoms with Crippen LogP contribution in [0, 0.1) is 6.92 Å². The van der Waals surface area contributed by atoms with Gasteiger partial charge in [-0.2, -0.15) is 0 Å². The zero-order valence-corrected chi connectivity index (χ0v) is 13.6. The summed E-state index contributed by atoms with van der Waals surface area (Å²) in [7, 11) is 0. The van der Waals surface area contributed by atoms with Crippen LogP contribution >= 0.6 is 39.1 Å². The van der Waals surface area contributed by atoms with Crippen molar-refractivity contribution in [2.45, 2.75) is 6.92 Å². The van der Waals surface area contributed by atoms with Crippen LogP contribution in [-0.4, -0.2) is 5.91 Å². The van der Waals surface area contributed by atoms with E-state index >= 15 is 0 Å². The highest BCUT2D eigenvalue weighted by Crippen LogP contribution is 2.28. The van der Waals surface area contributed by atoms with Crippen molar-refractivity contribution in [2.75, 3.05) is 11.1 Å². The minimum absolute atomic E-state index is 0.345. The molecule has 0 spiro atoms. The number of aryl methyl sites for hydroxylation is 1. The molecule has 104 valence electrons. The minimum Gasteiger partial charge on any atom is -0.397 e. The van der Waals surface area contributed by atoms with Gasteiger partial charge < -0.3 is 11.1 Å². The highest BCUT2D eigenvalue weighted by molar-refractivity contribution is 9.10. The van der Waals surface area contributed by atoms with Gasteiger partial charge in [0.2, 0.25) is 0 Å². The fourth-order valence-corrected chi connectivity index (χ4v) is 2.40. The van der Waals surface area contributed by atoms with E-state index in [1.165, 1.54) is 0 Å². The van der Waals surface area contributed by atoms with E-state index in [1.807, 2.05) is 6.92 Å². The van der Waals surface area contributed by atoms with Gasteiger partial charge in [0, 0.05) is 9.50 Å². The quantitative estimate of drug-likeness (QED) is 0.735. The average molecular weight is 374 g/mol. The molecule has 0 unspecified atom stereocenters. The number of carbonyl (C=O) groups excluding carboxylic acids is 1. The first-order chi connectivity index (χ1) is 9.38. The molecule has 3 N–H and O–H groups in total. The lowest BCUT2D eigenvalue weighted by Gasteiger charge is -2.11. The lowest BCUT2D eigenvalue weighted by Crippen LogP contribution is -2.14. The van der Waals surface area contributed by atoms with E-state index in [2.05, 4.69) is 21.2 Å². The number of nitrogen functional groups attached to an aromatic ring is 1. The summed E-state index contributed by atoms with van der Waals surface area (Å²) in [6.45, 7) is 1.84. The molecule has 1 amide bonds. The number of halogens is 3. The number of rotatable bonds is 2. The largest absolute Gasteiger partial charge is 0.397 e. The molecule has 0 bridgehead atoms. The van der Waals surface area contributed by atoms with Crippen LogP contribution in [-0.2, 0) is 0 Å². The predicted octanol–water partition coefficient (Wildman–Crippen LogP) is 4.90. The Morgan fingerprint density at radius 3 is 2.60 bits per heavy atom. The Balaban J connectivity index is 2.32. The zero-order chi connectivity index (χ0) is 14.9. The van der Waals surface area contributed by atoms with Gasteiger partial charge in [-0.1, -0.05) is 39.1 Å². The summed E-state index contributed by atoms with van der Waals surface area (Å²) in [6, 6.07) is 8.38. The number of anilines is 2. The molecule has 0 aliphatic heterocycles. The van der Waals surface area contributed by atoms with Gasteiger partial charge in [-0.15, -0.1) is 0 Å². The maximum Gasteiger partial charge on any atom is 0.257 e. The van der Waals surface area contributed by atoms with Crippen molar-refractivity contribution < 1.29 is 4.79 Å². The molecule has 2 rings (SSSR count). The molecule has 0 aliphatic carbocycles. The number of hydrogen-bond acceptors (Lipinski definition) is 2. The van der Waals surface area contributed by atoms with E-state index in [-0.39, 0.29) is 5.91 Å². The van der Waals surface area contributed by atoms with E-state index < -0.39 is 0 Å². The molecule has 0 fully saturated rings. The van der Waals surface area contributed by atoms with Crippen LogP contribution in [0.15, 0.2) is 34.8 Å². The van der Waals surface area contributed by atoms with E-state index in [1.54, 1.807) is 30.3 Å². The summed E-state index contributed by atoms with van der Waals surface area (Å²) in [4.78, 5) is 12.2. The lowest BCUT2D eigenvalue weighted by molar-refractivity contribution is 0.102. The number of hydrogen-bond donors (Lipinski definition) is 2. The third-order valence-corrected chi connectivity index (χ3v) is 3.98. The molecule has 6 heteroatoms. The van der Waals surface area contributed by atoms with Crippen molar-refractivity contribution in [3.8, 4) is 0 Å². The second kappa shape index (κ2) is 6.04. The lowest BCUT2D eigenvalue weighted by atomic mass is 10.1. The first kappa shape index (κ1) is 15.2. The average Bonchev–Trinajstić information content (AvgIpc) is 2.38. The highest BCUT2D eigenvalue weighted by Gasteiger charge is 2.13. The minimum atomic E-state index is -0.345.